The van der Waals surface area contributed by atoms with Crippen LogP contribution >= 0.6 is 0 Å². The van der Waals surface area contributed by atoms with E-state index in [0.29, 0.717) is 10.9 Å². The highest BCUT2D eigenvalue weighted by Gasteiger charge is 2.13. The molecule has 2 rings (SSSR count). The normalized spacial score (nSPS) is 10.4. The molecule has 2 aromatic carbocycles. The van der Waals surface area contributed by atoms with Gasteiger partial charge in [0.2, 0.25) is 0 Å². The number of hydrogen-bond donors (Lipinski definition) is 2. The van der Waals surface area contributed by atoms with Gasteiger partial charge < -0.3 is 14.9 Å². The zero-order valence-electron chi connectivity index (χ0n) is 9.09. The zero-order chi connectivity index (χ0) is 12.3. The number of hydrogen-bond acceptors (Lipinski definition) is 4. The minimum Gasteiger partial charge on any atom is -0.507 e. The van der Waals surface area contributed by atoms with Gasteiger partial charge in [0, 0.05) is 5.39 Å². The van der Waals surface area contributed by atoms with Gasteiger partial charge in [-0.05, 0) is 17.5 Å². The van der Waals surface area contributed by atoms with Crippen molar-refractivity contribution in [2.45, 2.75) is 0 Å². The lowest BCUT2D eigenvalue weighted by Crippen LogP contribution is -2.09. The molecule has 2 aromatic rings. The van der Waals surface area contributed by atoms with Crippen molar-refractivity contribution in [2.75, 3.05) is 13.2 Å². The summed E-state index contributed by atoms with van der Waals surface area (Å²) in [5.41, 5.74) is 0.300. The number of esters is 1. The number of aromatic hydroxyl groups is 1. The Morgan fingerprint density at radius 1 is 1.18 bits per heavy atom. The molecule has 88 valence electrons. The lowest BCUT2D eigenvalue weighted by molar-refractivity contribution is 0.0436. The molecule has 0 unspecified atom stereocenters. The molecule has 0 aliphatic carbocycles. The van der Waals surface area contributed by atoms with Gasteiger partial charge in [-0.3, -0.25) is 0 Å². The molecule has 0 heterocycles. The van der Waals surface area contributed by atoms with Crippen molar-refractivity contribution in [3.05, 3.63) is 42.0 Å². The Morgan fingerprint density at radius 3 is 2.59 bits per heavy atom. The third-order valence-corrected chi connectivity index (χ3v) is 2.43. The molecule has 0 saturated carbocycles. The summed E-state index contributed by atoms with van der Waals surface area (Å²) in [7, 11) is 0. The Morgan fingerprint density at radius 2 is 1.88 bits per heavy atom. The van der Waals surface area contributed by atoms with Crippen molar-refractivity contribution in [3.8, 4) is 5.75 Å². The van der Waals surface area contributed by atoms with E-state index in [1.807, 2.05) is 0 Å². The van der Waals surface area contributed by atoms with Gasteiger partial charge in [0.05, 0.1) is 12.2 Å². The number of phenols is 1. The van der Waals surface area contributed by atoms with E-state index in [-0.39, 0.29) is 19.0 Å². The van der Waals surface area contributed by atoms with Crippen LogP contribution in [-0.2, 0) is 4.74 Å². The number of aliphatic hydroxyl groups is 1. The summed E-state index contributed by atoms with van der Waals surface area (Å²) < 4.78 is 4.84. The van der Waals surface area contributed by atoms with Crippen LogP contribution in [0, 0.1) is 0 Å². The first-order valence-corrected chi connectivity index (χ1v) is 5.22. The third kappa shape index (κ3) is 2.21. The molecule has 0 bridgehead atoms. The van der Waals surface area contributed by atoms with Gasteiger partial charge >= 0.3 is 5.97 Å². The molecule has 0 radical (unpaired) electrons. The highest BCUT2D eigenvalue weighted by Crippen LogP contribution is 2.28. The number of carbonyl (C=O) groups is 1. The topological polar surface area (TPSA) is 66.8 Å². The van der Waals surface area contributed by atoms with Gasteiger partial charge in [-0.25, -0.2) is 4.79 Å². The number of phenolic OH excluding ortho intramolecular Hbond substituents is 1. The average molecular weight is 232 g/mol. The second kappa shape index (κ2) is 4.84. The Bertz CT molecular complexity index is 543. The van der Waals surface area contributed by atoms with E-state index in [1.54, 1.807) is 30.3 Å². The number of carbonyl (C=O) groups excluding carboxylic acids is 1. The second-order valence-electron chi connectivity index (χ2n) is 3.54. The fourth-order valence-electron chi connectivity index (χ4n) is 1.71. The fraction of sp³-hybridized carbons (Fsp3) is 0.154. The van der Waals surface area contributed by atoms with E-state index >= 15 is 0 Å². The van der Waals surface area contributed by atoms with Crippen LogP contribution in [0.4, 0.5) is 0 Å². The van der Waals surface area contributed by atoms with Crippen LogP contribution in [0.3, 0.4) is 0 Å². The largest absolute Gasteiger partial charge is 0.507 e. The van der Waals surface area contributed by atoms with Gasteiger partial charge in [-0.15, -0.1) is 0 Å². The van der Waals surface area contributed by atoms with Gasteiger partial charge in [0.25, 0.3) is 0 Å². The molecule has 0 aliphatic heterocycles. The first-order valence-electron chi connectivity index (χ1n) is 5.22. The van der Waals surface area contributed by atoms with Crippen LogP contribution < -0.4 is 0 Å². The summed E-state index contributed by atoms with van der Waals surface area (Å²) in [6, 6.07) is 10.1. The second-order valence-corrected chi connectivity index (χ2v) is 3.54. The van der Waals surface area contributed by atoms with Gasteiger partial charge in [0.15, 0.2) is 0 Å². The summed E-state index contributed by atoms with van der Waals surface area (Å²) in [5, 5.41) is 19.6. The predicted octanol–water partition coefficient (Wildman–Crippen LogP) is 1.69. The number of ether oxygens (including phenoxy) is 1. The molecule has 2 N–H and O–H groups in total. The molecule has 0 atom stereocenters. The predicted molar refractivity (Wildman–Crippen MR) is 63.0 cm³/mol. The number of benzene rings is 2. The van der Waals surface area contributed by atoms with Crippen molar-refractivity contribution in [1.29, 1.82) is 0 Å². The quantitative estimate of drug-likeness (QED) is 0.790. The average Bonchev–Trinajstić information content (AvgIpc) is 2.35. The molecule has 4 heteroatoms. The highest BCUT2D eigenvalue weighted by atomic mass is 16.5. The molecule has 0 fully saturated rings. The van der Waals surface area contributed by atoms with E-state index in [2.05, 4.69) is 0 Å². The molecule has 0 amide bonds. The molecular weight excluding hydrogens is 220 g/mol. The molecule has 0 aliphatic rings. The summed E-state index contributed by atoms with van der Waals surface area (Å²) in [6.45, 7) is -0.273. The summed E-state index contributed by atoms with van der Waals surface area (Å²) in [4.78, 5) is 11.7. The summed E-state index contributed by atoms with van der Waals surface area (Å²) in [6.07, 6.45) is 0. The van der Waals surface area contributed by atoms with E-state index in [0.717, 1.165) is 5.39 Å². The maximum absolute atomic E-state index is 11.7. The number of aliphatic hydroxyl groups excluding tert-OH is 1. The summed E-state index contributed by atoms with van der Waals surface area (Å²) >= 11 is 0. The SMILES string of the molecule is O=C(OCCO)c1cccc2cccc(O)c12. The zero-order valence-corrected chi connectivity index (χ0v) is 9.09. The Balaban J connectivity index is 2.50. The first kappa shape index (κ1) is 11.4. The van der Waals surface area contributed by atoms with Crippen LogP contribution in [0.25, 0.3) is 10.8 Å². The molecule has 0 spiro atoms. The van der Waals surface area contributed by atoms with Crippen molar-refractivity contribution >= 4 is 16.7 Å². The Kier molecular flexibility index (Phi) is 3.25. The lowest BCUT2D eigenvalue weighted by Gasteiger charge is -2.07. The Hall–Kier alpha value is -2.07. The van der Waals surface area contributed by atoms with E-state index in [4.69, 9.17) is 9.84 Å². The number of fused-ring (bicyclic) bond motifs is 1. The van der Waals surface area contributed by atoms with E-state index in [9.17, 15) is 9.90 Å². The molecular formula is C13H12O4. The third-order valence-electron chi connectivity index (χ3n) is 2.43. The summed E-state index contributed by atoms with van der Waals surface area (Å²) in [5.74, 6) is -0.509. The molecule has 0 aromatic heterocycles. The minimum absolute atomic E-state index is 0.0408. The van der Waals surface area contributed by atoms with Crippen molar-refractivity contribution in [1.82, 2.24) is 0 Å². The van der Waals surface area contributed by atoms with Crippen molar-refractivity contribution in [3.63, 3.8) is 0 Å². The smallest absolute Gasteiger partial charge is 0.338 e. The van der Waals surface area contributed by atoms with Crippen LogP contribution in [0.2, 0.25) is 0 Å². The first-order chi connectivity index (χ1) is 8.24. The standard InChI is InChI=1S/C13H12O4/c14-7-8-17-13(16)10-5-1-3-9-4-2-6-11(15)12(9)10/h1-6,14-15H,7-8H2. The van der Waals surface area contributed by atoms with Crippen LogP contribution in [0.15, 0.2) is 36.4 Å². The molecule has 4 nitrogen and oxygen atoms in total. The fourth-order valence-corrected chi connectivity index (χ4v) is 1.71. The van der Waals surface area contributed by atoms with Gasteiger partial charge in [-0.2, -0.15) is 0 Å². The number of rotatable bonds is 3. The van der Waals surface area contributed by atoms with Crippen molar-refractivity contribution < 1.29 is 19.7 Å². The van der Waals surface area contributed by atoms with Crippen LogP contribution in [0.1, 0.15) is 10.4 Å². The monoisotopic (exact) mass is 232 g/mol. The van der Waals surface area contributed by atoms with E-state index in [1.165, 1.54) is 6.07 Å². The van der Waals surface area contributed by atoms with E-state index < -0.39 is 5.97 Å². The van der Waals surface area contributed by atoms with Crippen LogP contribution in [0.5, 0.6) is 5.75 Å². The lowest BCUT2D eigenvalue weighted by atomic mass is 10.0. The molecule has 17 heavy (non-hydrogen) atoms. The minimum atomic E-state index is -0.550. The highest BCUT2D eigenvalue weighted by molar-refractivity contribution is 6.06. The Labute approximate surface area is 98.1 Å². The van der Waals surface area contributed by atoms with Gasteiger partial charge in [-0.1, -0.05) is 24.3 Å². The van der Waals surface area contributed by atoms with Crippen LogP contribution in [-0.4, -0.2) is 29.4 Å². The molecule has 0 saturated heterocycles. The maximum atomic E-state index is 11.7. The van der Waals surface area contributed by atoms with Gasteiger partial charge in [0.1, 0.15) is 12.4 Å². The maximum Gasteiger partial charge on any atom is 0.338 e. The van der Waals surface area contributed by atoms with Crippen molar-refractivity contribution in [2.24, 2.45) is 0 Å².